The Morgan fingerprint density at radius 3 is 2.11 bits per heavy atom. The Balaban J connectivity index is 0.000000717. The van der Waals surface area contributed by atoms with Crippen LogP contribution in [-0.4, -0.2) is 72.2 Å². The highest BCUT2D eigenvalue weighted by molar-refractivity contribution is 5.85. The third-order valence-corrected chi connectivity index (χ3v) is 5.69. The second-order valence-electron chi connectivity index (χ2n) is 7.78. The standard InChI is InChI=1S/C18H33N3O2.CH2O3.ClH/c22-18(20-16-4-2-1-3-5-16)21-12-8-15(9-13-21)14-23-17-6-10-19-11-7-17;2-1(3)4;/h15-17,19H,1-14H2,(H,20,22);(H2,2,3,4);1H. The quantitative estimate of drug-likeness (QED) is 0.554. The van der Waals surface area contributed by atoms with E-state index in [1.807, 2.05) is 4.90 Å². The summed E-state index contributed by atoms with van der Waals surface area (Å²) in [6.45, 7) is 4.83. The van der Waals surface area contributed by atoms with Crippen molar-refractivity contribution in [3.05, 3.63) is 0 Å². The minimum atomic E-state index is -1.83. The average molecular weight is 422 g/mol. The van der Waals surface area contributed by atoms with Gasteiger partial charge < -0.3 is 30.5 Å². The molecule has 0 aromatic rings. The maximum atomic E-state index is 12.4. The Morgan fingerprint density at radius 1 is 0.964 bits per heavy atom. The molecule has 0 radical (unpaired) electrons. The van der Waals surface area contributed by atoms with E-state index < -0.39 is 6.16 Å². The molecule has 3 aliphatic rings. The van der Waals surface area contributed by atoms with Crippen molar-refractivity contribution in [2.24, 2.45) is 5.92 Å². The van der Waals surface area contributed by atoms with Crippen LogP contribution in [0.5, 0.6) is 0 Å². The smallest absolute Gasteiger partial charge is 0.450 e. The van der Waals surface area contributed by atoms with Gasteiger partial charge in [0.1, 0.15) is 0 Å². The number of likely N-dealkylation sites (tertiary alicyclic amines) is 1. The molecule has 0 aromatic carbocycles. The Kier molecular flexibility index (Phi) is 12.3. The lowest BCUT2D eigenvalue weighted by molar-refractivity contribution is 0.000722. The highest BCUT2D eigenvalue weighted by Crippen LogP contribution is 2.21. The maximum absolute atomic E-state index is 12.4. The molecule has 164 valence electrons. The number of halogens is 1. The summed E-state index contributed by atoms with van der Waals surface area (Å²) in [4.78, 5) is 22.9. The molecule has 0 spiro atoms. The number of carbonyl (C=O) groups excluding carboxylic acids is 1. The van der Waals surface area contributed by atoms with Crippen molar-refractivity contribution in [1.29, 1.82) is 0 Å². The number of carbonyl (C=O) groups is 2. The fourth-order valence-corrected chi connectivity index (χ4v) is 4.05. The van der Waals surface area contributed by atoms with Gasteiger partial charge in [-0.2, -0.15) is 0 Å². The topological polar surface area (TPSA) is 111 Å². The number of hydrogen-bond acceptors (Lipinski definition) is 4. The number of urea groups is 1. The van der Waals surface area contributed by atoms with E-state index in [0.29, 0.717) is 18.1 Å². The largest absolute Gasteiger partial charge is 0.503 e. The first-order chi connectivity index (χ1) is 13.0. The van der Waals surface area contributed by atoms with E-state index in [9.17, 15) is 4.79 Å². The molecule has 0 aromatic heterocycles. The molecule has 3 fully saturated rings. The Morgan fingerprint density at radius 2 is 1.54 bits per heavy atom. The first kappa shape index (κ1) is 24.8. The van der Waals surface area contributed by atoms with Crippen LogP contribution in [0.2, 0.25) is 0 Å². The molecule has 0 bridgehead atoms. The van der Waals surface area contributed by atoms with E-state index in [2.05, 4.69) is 10.6 Å². The van der Waals surface area contributed by atoms with Crippen LogP contribution >= 0.6 is 12.4 Å². The van der Waals surface area contributed by atoms with Crippen LogP contribution in [0.4, 0.5) is 9.59 Å². The predicted octanol–water partition coefficient (Wildman–Crippen LogP) is 3.15. The SMILES string of the molecule is Cl.O=C(NC1CCCCC1)N1CCC(COC2CCNCC2)CC1.O=C(O)O. The molecule has 2 heterocycles. The number of nitrogens with zero attached hydrogens (tertiary/aromatic N) is 1. The van der Waals surface area contributed by atoms with E-state index in [-0.39, 0.29) is 18.4 Å². The second kappa shape index (κ2) is 13.8. The van der Waals surface area contributed by atoms with Crippen molar-refractivity contribution in [3.63, 3.8) is 0 Å². The number of ether oxygens (including phenoxy) is 1. The molecule has 9 heteroatoms. The fraction of sp³-hybridized carbons (Fsp3) is 0.895. The van der Waals surface area contributed by atoms with Gasteiger partial charge in [-0.3, -0.25) is 0 Å². The lowest BCUT2D eigenvalue weighted by atomic mass is 9.95. The summed E-state index contributed by atoms with van der Waals surface area (Å²) in [5.74, 6) is 0.628. The minimum absolute atomic E-state index is 0. The summed E-state index contributed by atoms with van der Waals surface area (Å²) in [5.41, 5.74) is 0. The number of nitrogens with one attached hydrogen (secondary N) is 2. The minimum Gasteiger partial charge on any atom is -0.450 e. The Hall–Kier alpha value is -1.25. The number of carboxylic acid groups (broad SMARTS) is 2. The summed E-state index contributed by atoms with van der Waals surface area (Å²) in [6.07, 6.45) is 9.25. The summed E-state index contributed by atoms with van der Waals surface area (Å²) >= 11 is 0. The van der Waals surface area contributed by atoms with E-state index >= 15 is 0 Å². The molecule has 8 nitrogen and oxygen atoms in total. The first-order valence-corrected chi connectivity index (χ1v) is 10.3. The van der Waals surface area contributed by atoms with Crippen molar-refractivity contribution in [1.82, 2.24) is 15.5 Å². The summed E-state index contributed by atoms with van der Waals surface area (Å²) in [5, 5.41) is 20.6. The predicted molar refractivity (Wildman–Crippen MR) is 109 cm³/mol. The van der Waals surface area contributed by atoms with Crippen LogP contribution < -0.4 is 10.6 Å². The van der Waals surface area contributed by atoms with Gasteiger partial charge in [0.2, 0.25) is 0 Å². The molecule has 0 atom stereocenters. The first-order valence-electron chi connectivity index (χ1n) is 10.3. The highest BCUT2D eigenvalue weighted by Gasteiger charge is 2.26. The van der Waals surface area contributed by atoms with Crippen molar-refractivity contribution in [2.75, 3.05) is 32.8 Å². The summed E-state index contributed by atoms with van der Waals surface area (Å²) < 4.78 is 6.08. The molecule has 2 amide bonds. The van der Waals surface area contributed by atoms with E-state index in [1.54, 1.807) is 0 Å². The Bertz CT molecular complexity index is 445. The van der Waals surface area contributed by atoms with Gasteiger partial charge in [0, 0.05) is 25.7 Å². The van der Waals surface area contributed by atoms with Gasteiger partial charge in [0.05, 0.1) is 6.10 Å². The monoisotopic (exact) mass is 421 g/mol. The van der Waals surface area contributed by atoms with Gasteiger partial charge in [0.15, 0.2) is 0 Å². The van der Waals surface area contributed by atoms with Crippen LogP contribution in [0.15, 0.2) is 0 Å². The number of amides is 2. The van der Waals surface area contributed by atoms with Crippen LogP contribution in [0.25, 0.3) is 0 Å². The second-order valence-corrected chi connectivity index (χ2v) is 7.78. The Labute approximate surface area is 173 Å². The van der Waals surface area contributed by atoms with Crippen LogP contribution in [0, 0.1) is 5.92 Å². The van der Waals surface area contributed by atoms with Gasteiger partial charge in [-0.1, -0.05) is 19.3 Å². The van der Waals surface area contributed by atoms with E-state index in [0.717, 1.165) is 71.3 Å². The molecule has 28 heavy (non-hydrogen) atoms. The van der Waals surface area contributed by atoms with Crippen LogP contribution in [-0.2, 0) is 4.74 Å². The van der Waals surface area contributed by atoms with Gasteiger partial charge in [-0.05, 0) is 57.5 Å². The lowest BCUT2D eigenvalue weighted by Crippen LogP contribution is -2.48. The van der Waals surface area contributed by atoms with E-state index in [4.69, 9.17) is 19.7 Å². The van der Waals surface area contributed by atoms with Crippen molar-refractivity contribution >= 4 is 24.6 Å². The zero-order chi connectivity index (χ0) is 19.5. The zero-order valence-corrected chi connectivity index (χ0v) is 17.4. The number of piperidine rings is 2. The molecule has 1 aliphatic carbocycles. The molecule has 0 unspecified atom stereocenters. The maximum Gasteiger partial charge on any atom is 0.503 e. The van der Waals surface area contributed by atoms with Gasteiger partial charge in [-0.15, -0.1) is 12.4 Å². The molecule has 2 saturated heterocycles. The lowest BCUT2D eigenvalue weighted by Gasteiger charge is -2.34. The average Bonchev–Trinajstić information content (AvgIpc) is 2.68. The van der Waals surface area contributed by atoms with E-state index in [1.165, 1.54) is 19.3 Å². The summed E-state index contributed by atoms with van der Waals surface area (Å²) in [7, 11) is 0. The molecule has 2 aliphatic heterocycles. The third-order valence-electron chi connectivity index (χ3n) is 5.69. The third kappa shape index (κ3) is 9.80. The van der Waals surface area contributed by atoms with Crippen LogP contribution in [0.1, 0.15) is 57.8 Å². The van der Waals surface area contributed by atoms with Crippen LogP contribution in [0.3, 0.4) is 0 Å². The van der Waals surface area contributed by atoms with Gasteiger partial charge >= 0.3 is 12.2 Å². The number of rotatable bonds is 4. The molecule has 4 N–H and O–H groups in total. The number of hydrogen-bond donors (Lipinski definition) is 4. The summed E-state index contributed by atoms with van der Waals surface area (Å²) in [6, 6.07) is 0.576. The van der Waals surface area contributed by atoms with Crippen molar-refractivity contribution in [3.8, 4) is 0 Å². The zero-order valence-electron chi connectivity index (χ0n) is 16.6. The van der Waals surface area contributed by atoms with Crippen molar-refractivity contribution in [2.45, 2.75) is 69.9 Å². The van der Waals surface area contributed by atoms with Gasteiger partial charge in [0.25, 0.3) is 0 Å². The molecular weight excluding hydrogens is 386 g/mol. The normalized spacial score (nSPS) is 21.8. The highest BCUT2D eigenvalue weighted by atomic mass is 35.5. The molecule has 3 rings (SSSR count). The van der Waals surface area contributed by atoms with Crippen molar-refractivity contribution < 1.29 is 24.5 Å². The fourth-order valence-electron chi connectivity index (χ4n) is 4.05. The molecule has 1 saturated carbocycles. The molecular formula is C19H36ClN3O5. The van der Waals surface area contributed by atoms with Gasteiger partial charge in [-0.25, -0.2) is 9.59 Å².